The molecule has 0 unspecified atom stereocenters. The van der Waals surface area contributed by atoms with E-state index < -0.39 is 0 Å². The quantitative estimate of drug-likeness (QED) is 0.616. The van der Waals surface area contributed by atoms with E-state index in [-0.39, 0.29) is 5.91 Å². The molecular formula is C12H16Cl2N2OS. The van der Waals surface area contributed by atoms with Gasteiger partial charge in [-0.1, -0.05) is 30.1 Å². The zero-order chi connectivity index (χ0) is 13.5. The minimum Gasteiger partial charge on any atom is -0.399 e. The summed E-state index contributed by atoms with van der Waals surface area (Å²) in [6.45, 7) is 2.11. The van der Waals surface area contributed by atoms with Crippen LogP contribution in [0.25, 0.3) is 0 Å². The van der Waals surface area contributed by atoms with Crippen molar-refractivity contribution in [2.75, 3.05) is 22.6 Å². The highest BCUT2D eigenvalue weighted by atomic mass is 35.5. The Morgan fingerprint density at radius 3 is 2.50 bits per heavy atom. The minimum atomic E-state index is -0.0906. The zero-order valence-corrected chi connectivity index (χ0v) is 12.5. The Bertz CT molecular complexity index is 404. The van der Waals surface area contributed by atoms with E-state index in [0.29, 0.717) is 27.8 Å². The van der Waals surface area contributed by atoms with E-state index in [2.05, 4.69) is 12.2 Å². The molecule has 6 heteroatoms. The summed E-state index contributed by atoms with van der Waals surface area (Å²) in [5.74, 6) is 1.77. The number of anilines is 2. The monoisotopic (exact) mass is 306 g/mol. The summed E-state index contributed by atoms with van der Waals surface area (Å²) in [6, 6.07) is 3.13. The van der Waals surface area contributed by atoms with Crippen LogP contribution in [-0.2, 0) is 4.79 Å². The fraction of sp³-hybridized carbons (Fsp3) is 0.417. The molecule has 0 aliphatic carbocycles. The van der Waals surface area contributed by atoms with Crippen molar-refractivity contribution >= 4 is 52.2 Å². The van der Waals surface area contributed by atoms with Gasteiger partial charge < -0.3 is 11.1 Å². The summed E-state index contributed by atoms with van der Waals surface area (Å²) in [5, 5.41) is 3.42. The van der Waals surface area contributed by atoms with Crippen LogP contribution in [-0.4, -0.2) is 17.4 Å². The number of halogens is 2. The highest BCUT2D eigenvalue weighted by Crippen LogP contribution is 2.32. The second kappa shape index (κ2) is 7.77. The van der Waals surface area contributed by atoms with Gasteiger partial charge in [-0.15, -0.1) is 0 Å². The predicted octanol–water partition coefficient (Wildman–Crippen LogP) is 4.05. The Labute approximate surface area is 121 Å². The third-order valence-electron chi connectivity index (χ3n) is 2.15. The molecular weight excluding hydrogens is 291 g/mol. The molecule has 18 heavy (non-hydrogen) atoms. The molecule has 0 fully saturated rings. The average molecular weight is 307 g/mol. The highest BCUT2D eigenvalue weighted by molar-refractivity contribution is 7.99. The number of nitrogens with two attached hydrogens (primary N) is 1. The van der Waals surface area contributed by atoms with Gasteiger partial charge in [-0.05, 0) is 24.3 Å². The van der Waals surface area contributed by atoms with Crippen LogP contribution in [0.3, 0.4) is 0 Å². The Morgan fingerprint density at radius 2 is 1.94 bits per heavy atom. The fourth-order valence-corrected chi connectivity index (χ4v) is 2.75. The van der Waals surface area contributed by atoms with Crippen LogP contribution in [0.15, 0.2) is 12.1 Å². The SMILES string of the molecule is CCCSCCC(=O)Nc1c(Cl)cc(N)cc1Cl. The van der Waals surface area contributed by atoms with Gasteiger partial charge in [0.25, 0.3) is 0 Å². The number of carbonyl (C=O) groups excluding carboxylic acids is 1. The lowest BCUT2D eigenvalue weighted by atomic mass is 10.2. The number of nitrogen functional groups attached to an aromatic ring is 1. The maximum atomic E-state index is 11.7. The first-order valence-electron chi connectivity index (χ1n) is 5.66. The van der Waals surface area contributed by atoms with Gasteiger partial charge in [-0.3, -0.25) is 4.79 Å². The highest BCUT2D eigenvalue weighted by Gasteiger charge is 2.10. The molecule has 100 valence electrons. The van der Waals surface area contributed by atoms with Gasteiger partial charge >= 0.3 is 0 Å². The van der Waals surface area contributed by atoms with Gasteiger partial charge in [0.15, 0.2) is 0 Å². The van der Waals surface area contributed by atoms with Crippen molar-refractivity contribution in [2.24, 2.45) is 0 Å². The van der Waals surface area contributed by atoms with E-state index in [1.165, 1.54) is 0 Å². The molecule has 0 radical (unpaired) electrons. The Morgan fingerprint density at radius 1 is 1.33 bits per heavy atom. The minimum absolute atomic E-state index is 0.0906. The smallest absolute Gasteiger partial charge is 0.225 e. The lowest BCUT2D eigenvalue weighted by molar-refractivity contribution is -0.115. The molecule has 1 aromatic carbocycles. The van der Waals surface area contributed by atoms with Crippen LogP contribution < -0.4 is 11.1 Å². The molecule has 0 saturated heterocycles. The van der Waals surface area contributed by atoms with E-state index in [9.17, 15) is 4.79 Å². The molecule has 0 spiro atoms. The van der Waals surface area contributed by atoms with Crippen molar-refractivity contribution in [3.63, 3.8) is 0 Å². The molecule has 1 rings (SSSR count). The third-order valence-corrected chi connectivity index (χ3v) is 3.94. The van der Waals surface area contributed by atoms with Gasteiger partial charge in [-0.25, -0.2) is 0 Å². The fourth-order valence-electron chi connectivity index (χ4n) is 1.33. The lowest BCUT2D eigenvalue weighted by Crippen LogP contribution is -2.13. The van der Waals surface area contributed by atoms with E-state index in [1.54, 1.807) is 23.9 Å². The largest absolute Gasteiger partial charge is 0.399 e. The molecule has 3 nitrogen and oxygen atoms in total. The van der Waals surface area contributed by atoms with E-state index in [4.69, 9.17) is 28.9 Å². The standard InChI is InChI=1S/C12H16Cl2N2OS/c1-2-4-18-5-3-11(17)16-12-9(13)6-8(15)7-10(12)14/h6-7H,2-5,15H2,1H3,(H,16,17). The van der Waals surface area contributed by atoms with Gasteiger partial charge in [0, 0.05) is 17.9 Å². The van der Waals surface area contributed by atoms with Crippen molar-refractivity contribution < 1.29 is 4.79 Å². The summed E-state index contributed by atoms with van der Waals surface area (Å²) in [5.41, 5.74) is 6.49. The molecule has 1 aromatic rings. The van der Waals surface area contributed by atoms with Crippen LogP contribution in [0.5, 0.6) is 0 Å². The molecule has 1 amide bonds. The van der Waals surface area contributed by atoms with Crippen LogP contribution in [0.4, 0.5) is 11.4 Å². The number of benzene rings is 1. The molecule has 0 aliphatic rings. The topological polar surface area (TPSA) is 55.1 Å². The number of thioether (sulfide) groups is 1. The second-order valence-corrected chi connectivity index (χ2v) is 5.81. The summed E-state index contributed by atoms with van der Waals surface area (Å²) in [4.78, 5) is 11.7. The van der Waals surface area contributed by atoms with Gasteiger partial charge in [0.05, 0.1) is 15.7 Å². The van der Waals surface area contributed by atoms with Crippen molar-refractivity contribution in [2.45, 2.75) is 19.8 Å². The first-order chi connectivity index (χ1) is 8.54. The van der Waals surface area contributed by atoms with Crippen LogP contribution in [0.2, 0.25) is 10.0 Å². The maximum Gasteiger partial charge on any atom is 0.225 e. The number of amides is 1. The molecule has 0 aromatic heterocycles. The van der Waals surface area contributed by atoms with Crippen molar-refractivity contribution in [3.8, 4) is 0 Å². The zero-order valence-electron chi connectivity index (χ0n) is 10.1. The summed E-state index contributed by atoms with van der Waals surface area (Å²) >= 11 is 13.7. The van der Waals surface area contributed by atoms with Gasteiger partial charge in [0.1, 0.15) is 0 Å². The number of nitrogens with one attached hydrogen (secondary N) is 1. The maximum absolute atomic E-state index is 11.7. The molecule has 0 bridgehead atoms. The van der Waals surface area contributed by atoms with Crippen molar-refractivity contribution in [3.05, 3.63) is 22.2 Å². The normalized spacial score (nSPS) is 10.4. The second-order valence-electron chi connectivity index (χ2n) is 3.77. The number of rotatable bonds is 6. The lowest BCUT2D eigenvalue weighted by Gasteiger charge is -2.10. The Hall–Kier alpha value is -0.580. The first kappa shape index (κ1) is 15.5. The first-order valence-corrected chi connectivity index (χ1v) is 7.57. The number of hydrogen-bond donors (Lipinski definition) is 2. The van der Waals surface area contributed by atoms with Crippen LogP contribution in [0.1, 0.15) is 19.8 Å². The van der Waals surface area contributed by atoms with E-state index in [0.717, 1.165) is 17.9 Å². The molecule has 0 heterocycles. The summed E-state index contributed by atoms with van der Waals surface area (Å²) in [7, 11) is 0. The molecule has 0 saturated carbocycles. The summed E-state index contributed by atoms with van der Waals surface area (Å²) < 4.78 is 0. The van der Waals surface area contributed by atoms with Gasteiger partial charge in [0.2, 0.25) is 5.91 Å². The average Bonchev–Trinajstić information content (AvgIpc) is 2.29. The predicted molar refractivity (Wildman–Crippen MR) is 81.7 cm³/mol. The van der Waals surface area contributed by atoms with Crippen molar-refractivity contribution in [1.82, 2.24) is 0 Å². The van der Waals surface area contributed by atoms with Crippen LogP contribution in [0, 0.1) is 0 Å². The number of hydrogen-bond acceptors (Lipinski definition) is 3. The van der Waals surface area contributed by atoms with E-state index in [1.807, 2.05) is 0 Å². The Balaban J connectivity index is 2.54. The van der Waals surface area contributed by atoms with Crippen molar-refractivity contribution in [1.29, 1.82) is 0 Å². The van der Waals surface area contributed by atoms with E-state index >= 15 is 0 Å². The Kier molecular flexibility index (Phi) is 6.68. The molecule has 0 aliphatic heterocycles. The molecule has 0 atom stereocenters. The summed E-state index contributed by atoms with van der Waals surface area (Å²) in [6.07, 6.45) is 1.56. The molecule has 3 N–H and O–H groups in total. The third kappa shape index (κ3) is 4.96. The number of carbonyl (C=O) groups is 1. The van der Waals surface area contributed by atoms with Gasteiger partial charge in [-0.2, -0.15) is 11.8 Å². The van der Waals surface area contributed by atoms with Crippen LogP contribution >= 0.6 is 35.0 Å².